The Morgan fingerprint density at radius 3 is 2.03 bits per heavy atom. The SMILES string of the molecule is CC(=O)CCC(=O)N1CCN(C(=O)CCCN2C(=O)c3ccc([N+](=O)[O-])cc3C2=O)CC1. The van der Waals surface area contributed by atoms with Crippen LogP contribution in [0.4, 0.5) is 5.69 Å². The first kappa shape index (κ1) is 23.0. The van der Waals surface area contributed by atoms with Crippen LogP contribution in [-0.2, 0) is 14.4 Å². The van der Waals surface area contributed by atoms with Crippen LogP contribution in [0.1, 0.15) is 53.3 Å². The van der Waals surface area contributed by atoms with Crippen molar-refractivity contribution in [2.75, 3.05) is 32.7 Å². The fourth-order valence-corrected chi connectivity index (χ4v) is 3.79. The van der Waals surface area contributed by atoms with E-state index < -0.39 is 16.7 Å². The number of non-ortho nitro benzene ring substituents is 1. The molecule has 0 N–H and O–H groups in total. The van der Waals surface area contributed by atoms with Crippen molar-refractivity contribution in [1.29, 1.82) is 0 Å². The number of nitro benzene ring substituents is 1. The molecule has 2 aliphatic rings. The number of rotatable bonds is 8. The van der Waals surface area contributed by atoms with E-state index in [0.717, 1.165) is 11.0 Å². The summed E-state index contributed by atoms with van der Waals surface area (Å²) in [6, 6.07) is 3.55. The van der Waals surface area contributed by atoms with Gasteiger partial charge in [0.05, 0.1) is 16.1 Å². The largest absolute Gasteiger partial charge is 0.339 e. The van der Waals surface area contributed by atoms with Gasteiger partial charge in [-0.1, -0.05) is 0 Å². The van der Waals surface area contributed by atoms with Gasteiger partial charge in [-0.25, -0.2) is 0 Å². The molecule has 32 heavy (non-hydrogen) atoms. The summed E-state index contributed by atoms with van der Waals surface area (Å²) in [5, 5.41) is 10.9. The van der Waals surface area contributed by atoms with Crippen LogP contribution >= 0.6 is 0 Å². The topological polar surface area (TPSA) is 138 Å². The fraction of sp³-hybridized carbons (Fsp3) is 0.476. The maximum atomic E-state index is 12.5. The first-order chi connectivity index (χ1) is 15.2. The van der Waals surface area contributed by atoms with E-state index in [9.17, 15) is 34.1 Å². The van der Waals surface area contributed by atoms with Crippen molar-refractivity contribution >= 4 is 35.1 Å². The number of Topliss-reactive ketones (excluding diaryl/α,β-unsaturated/α-hetero) is 1. The number of nitrogens with zero attached hydrogens (tertiary/aromatic N) is 4. The minimum Gasteiger partial charge on any atom is -0.339 e. The van der Waals surface area contributed by atoms with Gasteiger partial charge >= 0.3 is 0 Å². The number of fused-ring (bicyclic) bond motifs is 1. The van der Waals surface area contributed by atoms with Crippen LogP contribution in [0.5, 0.6) is 0 Å². The Kier molecular flexibility index (Phi) is 6.96. The van der Waals surface area contributed by atoms with Gasteiger partial charge in [0.1, 0.15) is 5.78 Å². The molecule has 1 saturated heterocycles. The van der Waals surface area contributed by atoms with Crippen LogP contribution in [0, 0.1) is 10.1 Å². The van der Waals surface area contributed by atoms with Crippen LogP contribution in [0.2, 0.25) is 0 Å². The van der Waals surface area contributed by atoms with E-state index in [-0.39, 0.29) is 66.6 Å². The Balaban J connectivity index is 1.46. The second-order valence-corrected chi connectivity index (χ2v) is 7.82. The van der Waals surface area contributed by atoms with E-state index in [0.29, 0.717) is 26.2 Å². The standard InChI is InChI=1S/C21H24N4O7/c1-14(26)4-7-19(28)23-11-9-22(10-12-23)18(27)3-2-8-24-20(29)16-6-5-15(25(31)32)13-17(16)21(24)30/h5-6,13H,2-4,7-12H2,1H3. The van der Waals surface area contributed by atoms with Crippen LogP contribution in [-0.4, -0.2) is 81.8 Å². The molecule has 2 aliphatic heterocycles. The first-order valence-corrected chi connectivity index (χ1v) is 10.4. The van der Waals surface area contributed by atoms with Crippen molar-refractivity contribution in [3.8, 4) is 0 Å². The molecular formula is C21H24N4O7. The molecule has 1 aromatic carbocycles. The Bertz CT molecular complexity index is 982. The van der Waals surface area contributed by atoms with Crippen molar-refractivity contribution < 1.29 is 28.9 Å². The van der Waals surface area contributed by atoms with Crippen molar-refractivity contribution in [2.45, 2.75) is 32.6 Å². The molecule has 3 rings (SSSR count). The van der Waals surface area contributed by atoms with Crippen LogP contribution < -0.4 is 0 Å². The van der Waals surface area contributed by atoms with E-state index in [1.165, 1.54) is 19.1 Å². The quantitative estimate of drug-likeness (QED) is 0.331. The molecule has 0 radical (unpaired) electrons. The summed E-state index contributed by atoms with van der Waals surface area (Å²) in [5.74, 6) is -1.39. The molecule has 11 heteroatoms. The fourth-order valence-electron chi connectivity index (χ4n) is 3.79. The van der Waals surface area contributed by atoms with Gasteiger partial charge in [-0.05, 0) is 19.4 Å². The molecule has 0 atom stereocenters. The van der Waals surface area contributed by atoms with Crippen LogP contribution in [0.15, 0.2) is 18.2 Å². The summed E-state index contributed by atoms with van der Waals surface area (Å²) in [6.45, 7) is 3.06. The Hall–Kier alpha value is -3.63. The molecule has 0 aromatic heterocycles. The van der Waals surface area contributed by atoms with Crippen LogP contribution in [0.25, 0.3) is 0 Å². The predicted octanol–water partition coefficient (Wildman–Crippen LogP) is 1.01. The third-order valence-corrected chi connectivity index (χ3v) is 5.61. The van der Waals surface area contributed by atoms with Gasteiger partial charge in [0.15, 0.2) is 0 Å². The highest BCUT2D eigenvalue weighted by Gasteiger charge is 2.36. The van der Waals surface area contributed by atoms with Gasteiger partial charge in [-0.2, -0.15) is 0 Å². The average Bonchev–Trinajstić information content (AvgIpc) is 3.01. The third-order valence-electron chi connectivity index (χ3n) is 5.61. The minimum atomic E-state index is -0.629. The predicted molar refractivity (Wildman–Crippen MR) is 111 cm³/mol. The van der Waals surface area contributed by atoms with Crippen molar-refractivity contribution in [3.63, 3.8) is 0 Å². The van der Waals surface area contributed by atoms with Gasteiger partial charge in [0.2, 0.25) is 11.8 Å². The van der Waals surface area contributed by atoms with Crippen molar-refractivity contribution in [2.24, 2.45) is 0 Å². The summed E-state index contributed by atoms with van der Waals surface area (Å²) >= 11 is 0. The summed E-state index contributed by atoms with van der Waals surface area (Å²) < 4.78 is 0. The summed E-state index contributed by atoms with van der Waals surface area (Å²) in [6.07, 6.45) is 0.784. The highest BCUT2D eigenvalue weighted by atomic mass is 16.6. The van der Waals surface area contributed by atoms with E-state index in [4.69, 9.17) is 0 Å². The molecule has 4 amide bonds. The summed E-state index contributed by atoms with van der Waals surface area (Å²) in [4.78, 5) is 75.1. The number of imide groups is 1. The molecule has 11 nitrogen and oxygen atoms in total. The first-order valence-electron chi connectivity index (χ1n) is 10.4. The lowest BCUT2D eigenvalue weighted by Crippen LogP contribution is -2.50. The van der Waals surface area contributed by atoms with E-state index >= 15 is 0 Å². The van der Waals surface area contributed by atoms with Gasteiger partial charge in [-0.15, -0.1) is 0 Å². The Labute approximate surface area is 184 Å². The molecule has 1 fully saturated rings. The second kappa shape index (κ2) is 9.67. The molecule has 0 bridgehead atoms. The zero-order valence-corrected chi connectivity index (χ0v) is 17.7. The summed E-state index contributed by atoms with van der Waals surface area (Å²) in [7, 11) is 0. The molecule has 1 aromatic rings. The molecular weight excluding hydrogens is 420 g/mol. The number of carbonyl (C=O) groups is 5. The van der Waals surface area contributed by atoms with Gasteiger partial charge in [0.25, 0.3) is 17.5 Å². The molecule has 0 aliphatic carbocycles. The molecule has 170 valence electrons. The number of benzene rings is 1. The Morgan fingerprint density at radius 2 is 1.47 bits per heavy atom. The number of piperazine rings is 1. The number of hydrogen-bond acceptors (Lipinski definition) is 7. The highest BCUT2D eigenvalue weighted by molar-refractivity contribution is 6.21. The van der Waals surface area contributed by atoms with E-state index in [1.54, 1.807) is 9.80 Å². The number of amides is 4. The monoisotopic (exact) mass is 444 g/mol. The van der Waals surface area contributed by atoms with Crippen molar-refractivity contribution in [3.05, 3.63) is 39.4 Å². The van der Waals surface area contributed by atoms with E-state index in [1.807, 2.05) is 0 Å². The van der Waals surface area contributed by atoms with Crippen LogP contribution in [0.3, 0.4) is 0 Å². The smallest absolute Gasteiger partial charge is 0.270 e. The lowest BCUT2D eigenvalue weighted by Gasteiger charge is -2.35. The number of nitro groups is 1. The van der Waals surface area contributed by atoms with Gasteiger partial charge in [-0.3, -0.25) is 34.2 Å². The zero-order chi connectivity index (χ0) is 23.4. The van der Waals surface area contributed by atoms with E-state index in [2.05, 4.69) is 0 Å². The normalized spacial score (nSPS) is 15.7. The number of hydrogen-bond donors (Lipinski definition) is 0. The zero-order valence-electron chi connectivity index (χ0n) is 17.7. The Morgan fingerprint density at radius 1 is 0.906 bits per heavy atom. The number of carbonyl (C=O) groups excluding carboxylic acids is 5. The molecule has 2 heterocycles. The molecule has 0 unspecified atom stereocenters. The minimum absolute atomic E-state index is 0.00101. The maximum absolute atomic E-state index is 12.5. The third kappa shape index (κ3) is 4.98. The van der Waals surface area contributed by atoms with Gasteiger partial charge in [0, 0.05) is 64.1 Å². The highest BCUT2D eigenvalue weighted by Crippen LogP contribution is 2.27. The van der Waals surface area contributed by atoms with Crippen molar-refractivity contribution in [1.82, 2.24) is 14.7 Å². The lowest BCUT2D eigenvalue weighted by atomic mass is 10.1. The lowest BCUT2D eigenvalue weighted by molar-refractivity contribution is -0.384. The molecule has 0 saturated carbocycles. The summed E-state index contributed by atoms with van der Waals surface area (Å²) in [5.41, 5.74) is -0.139. The molecule has 0 spiro atoms. The van der Waals surface area contributed by atoms with Gasteiger partial charge < -0.3 is 14.6 Å². The average molecular weight is 444 g/mol. The number of ketones is 1. The second-order valence-electron chi connectivity index (χ2n) is 7.82. The maximum Gasteiger partial charge on any atom is 0.270 e.